The van der Waals surface area contributed by atoms with E-state index < -0.39 is 16.1 Å². The second-order valence-corrected chi connectivity index (χ2v) is 11.4. The van der Waals surface area contributed by atoms with Crippen molar-refractivity contribution in [3.63, 3.8) is 0 Å². The SMILES string of the molecule is CCOc1ccccc1N(CCCC(=O)N(Cc1cccc(OC)c1)[C@H](CC)C(=O)N[C@H](C)CC)S(C)(=O)=O. The van der Waals surface area contributed by atoms with Gasteiger partial charge in [0.2, 0.25) is 21.8 Å². The van der Waals surface area contributed by atoms with E-state index in [2.05, 4.69) is 5.32 Å². The third-order valence-corrected chi connectivity index (χ3v) is 7.64. The van der Waals surface area contributed by atoms with Gasteiger partial charge in [-0.2, -0.15) is 0 Å². The van der Waals surface area contributed by atoms with Crippen LogP contribution in [0.15, 0.2) is 48.5 Å². The van der Waals surface area contributed by atoms with Crippen molar-refractivity contribution in [3.8, 4) is 11.5 Å². The van der Waals surface area contributed by atoms with E-state index in [9.17, 15) is 18.0 Å². The summed E-state index contributed by atoms with van der Waals surface area (Å²) in [6.45, 7) is 8.34. The molecular formula is C29H43N3O6S. The molecule has 2 aromatic rings. The fourth-order valence-electron chi connectivity index (χ4n) is 4.25. The molecular weight excluding hydrogens is 518 g/mol. The van der Waals surface area contributed by atoms with Crippen LogP contribution in [-0.4, -0.2) is 63.7 Å². The lowest BCUT2D eigenvalue weighted by Gasteiger charge is -2.32. The van der Waals surface area contributed by atoms with Crippen LogP contribution in [0.2, 0.25) is 0 Å². The van der Waals surface area contributed by atoms with E-state index >= 15 is 0 Å². The summed E-state index contributed by atoms with van der Waals surface area (Å²) in [4.78, 5) is 28.4. The lowest BCUT2D eigenvalue weighted by molar-refractivity contribution is -0.141. The molecule has 2 amide bonds. The van der Waals surface area contributed by atoms with Gasteiger partial charge in [-0.1, -0.05) is 38.1 Å². The molecule has 0 fully saturated rings. The number of anilines is 1. The van der Waals surface area contributed by atoms with Gasteiger partial charge in [-0.3, -0.25) is 13.9 Å². The number of methoxy groups -OCH3 is 1. The molecule has 2 atom stereocenters. The van der Waals surface area contributed by atoms with Gasteiger partial charge in [0.1, 0.15) is 17.5 Å². The van der Waals surface area contributed by atoms with Crippen LogP contribution < -0.4 is 19.1 Å². The molecule has 9 nitrogen and oxygen atoms in total. The molecule has 0 aromatic heterocycles. The first kappa shape index (κ1) is 31.9. The molecule has 10 heteroatoms. The summed E-state index contributed by atoms with van der Waals surface area (Å²) in [6.07, 6.45) is 2.69. The van der Waals surface area contributed by atoms with Crippen LogP contribution in [0, 0.1) is 0 Å². The lowest BCUT2D eigenvalue weighted by atomic mass is 10.1. The standard InChI is InChI=1S/C29H43N3O6S/c1-7-22(4)30-29(34)25(8-2)31(21-23-14-12-15-24(20-23)37-5)28(33)18-13-19-32(39(6,35)36)26-16-10-11-17-27(26)38-9-3/h10-12,14-17,20,22,25H,7-9,13,18-19,21H2,1-6H3,(H,30,34)/t22-,25-/m1/s1. The molecule has 0 saturated carbocycles. The van der Waals surface area contributed by atoms with Gasteiger partial charge in [-0.05, 0) is 62.9 Å². The number of ether oxygens (including phenoxy) is 2. The molecule has 0 aliphatic heterocycles. The van der Waals surface area contributed by atoms with E-state index in [1.54, 1.807) is 36.3 Å². The predicted octanol–water partition coefficient (Wildman–Crippen LogP) is 4.36. The smallest absolute Gasteiger partial charge is 0.243 e. The highest BCUT2D eigenvalue weighted by atomic mass is 32.2. The number of para-hydroxylation sites is 2. The maximum atomic E-state index is 13.6. The fraction of sp³-hybridized carbons (Fsp3) is 0.517. The highest BCUT2D eigenvalue weighted by Crippen LogP contribution is 2.30. The zero-order valence-corrected chi connectivity index (χ0v) is 24.8. The Labute approximate surface area is 233 Å². The van der Waals surface area contributed by atoms with E-state index in [1.165, 1.54) is 4.31 Å². The molecule has 216 valence electrons. The maximum absolute atomic E-state index is 13.6. The number of nitrogens with one attached hydrogen (secondary N) is 1. The zero-order valence-electron chi connectivity index (χ0n) is 24.0. The number of sulfonamides is 1. The minimum atomic E-state index is -3.63. The van der Waals surface area contributed by atoms with Gasteiger partial charge < -0.3 is 19.7 Å². The molecule has 39 heavy (non-hydrogen) atoms. The van der Waals surface area contributed by atoms with Crippen molar-refractivity contribution < 1.29 is 27.5 Å². The first-order valence-corrected chi connectivity index (χ1v) is 15.3. The quantitative estimate of drug-likeness (QED) is 0.327. The van der Waals surface area contributed by atoms with Crippen LogP contribution in [0.1, 0.15) is 58.9 Å². The fourth-order valence-corrected chi connectivity index (χ4v) is 5.22. The Bertz CT molecular complexity index is 1190. The highest BCUT2D eigenvalue weighted by Gasteiger charge is 2.29. The molecule has 0 bridgehead atoms. The van der Waals surface area contributed by atoms with Crippen LogP contribution in [-0.2, 0) is 26.2 Å². The third-order valence-electron chi connectivity index (χ3n) is 6.46. The van der Waals surface area contributed by atoms with Gasteiger partial charge in [0.05, 0.1) is 25.7 Å². The topological polar surface area (TPSA) is 105 Å². The van der Waals surface area contributed by atoms with Crippen molar-refractivity contribution in [2.45, 2.75) is 72.0 Å². The van der Waals surface area contributed by atoms with E-state index in [4.69, 9.17) is 9.47 Å². The maximum Gasteiger partial charge on any atom is 0.243 e. The Morgan fingerprint density at radius 2 is 1.74 bits per heavy atom. The third kappa shape index (κ3) is 9.45. The minimum absolute atomic E-state index is 0.0194. The second-order valence-electron chi connectivity index (χ2n) is 9.45. The molecule has 0 saturated heterocycles. The molecule has 2 rings (SSSR count). The van der Waals surface area contributed by atoms with Crippen molar-refractivity contribution in [2.24, 2.45) is 0 Å². The Morgan fingerprint density at radius 3 is 2.36 bits per heavy atom. The number of carbonyl (C=O) groups excluding carboxylic acids is 2. The van der Waals surface area contributed by atoms with E-state index in [0.717, 1.165) is 18.2 Å². The van der Waals surface area contributed by atoms with Gasteiger partial charge in [-0.15, -0.1) is 0 Å². The van der Waals surface area contributed by atoms with Crippen LogP contribution in [0.25, 0.3) is 0 Å². The minimum Gasteiger partial charge on any atom is -0.497 e. The van der Waals surface area contributed by atoms with E-state index in [0.29, 0.717) is 30.2 Å². The van der Waals surface area contributed by atoms with Gasteiger partial charge in [0.25, 0.3) is 0 Å². The molecule has 0 aliphatic rings. The largest absolute Gasteiger partial charge is 0.497 e. The predicted molar refractivity (Wildman–Crippen MR) is 155 cm³/mol. The molecule has 0 aliphatic carbocycles. The van der Waals surface area contributed by atoms with Gasteiger partial charge in [0, 0.05) is 25.6 Å². The summed E-state index contributed by atoms with van der Waals surface area (Å²) in [6, 6.07) is 13.7. The van der Waals surface area contributed by atoms with Crippen molar-refractivity contribution in [1.82, 2.24) is 10.2 Å². The van der Waals surface area contributed by atoms with Gasteiger partial charge in [0.15, 0.2) is 0 Å². The second kappa shape index (κ2) is 15.4. The average Bonchev–Trinajstić information content (AvgIpc) is 2.91. The summed E-state index contributed by atoms with van der Waals surface area (Å²) in [5.74, 6) is 0.694. The number of hydrogen-bond acceptors (Lipinski definition) is 6. The molecule has 0 heterocycles. The highest BCUT2D eigenvalue weighted by molar-refractivity contribution is 7.92. The summed E-state index contributed by atoms with van der Waals surface area (Å²) >= 11 is 0. The Kier molecular flexibility index (Phi) is 12.6. The van der Waals surface area contributed by atoms with Crippen LogP contribution in [0.5, 0.6) is 11.5 Å². The van der Waals surface area contributed by atoms with Crippen molar-refractivity contribution >= 4 is 27.5 Å². The molecule has 0 unspecified atom stereocenters. The van der Waals surface area contributed by atoms with Crippen molar-refractivity contribution in [1.29, 1.82) is 0 Å². The first-order valence-electron chi connectivity index (χ1n) is 13.5. The van der Waals surface area contributed by atoms with Crippen molar-refractivity contribution in [2.75, 3.05) is 30.8 Å². The Morgan fingerprint density at radius 1 is 1.03 bits per heavy atom. The van der Waals surface area contributed by atoms with Gasteiger partial charge in [-0.25, -0.2) is 8.42 Å². The average molecular weight is 562 g/mol. The van der Waals surface area contributed by atoms with Crippen LogP contribution in [0.4, 0.5) is 5.69 Å². The molecule has 2 aromatic carbocycles. The number of carbonyl (C=O) groups is 2. The van der Waals surface area contributed by atoms with Crippen LogP contribution >= 0.6 is 0 Å². The number of benzene rings is 2. The van der Waals surface area contributed by atoms with Crippen LogP contribution in [0.3, 0.4) is 0 Å². The van der Waals surface area contributed by atoms with Crippen molar-refractivity contribution in [3.05, 3.63) is 54.1 Å². The monoisotopic (exact) mass is 561 g/mol. The summed E-state index contributed by atoms with van der Waals surface area (Å²) < 4.78 is 37.6. The molecule has 0 spiro atoms. The lowest BCUT2D eigenvalue weighted by Crippen LogP contribution is -2.50. The zero-order chi connectivity index (χ0) is 29.0. The molecule has 1 N–H and O–H groups in total. The Hall–Kier alpha value is -3.27. The Balaban J connectivity index is 2.28. The number of nitrogens with zero attached hydrogens (tertiary/aromatic N) is 2. The summed E-state index contributed by atoms with van der Waals surface area (Å²) in [5, 5.41) is 3.00. The summed E-state index contributed by atoms with van der Waals surface area (Å²) in [7, 11) is -2.06. The van der Waals surface area contributed by atoms with Gasteiger partial charge >= 0.3 is 0 Å². The summed E-state index contributed by atoms with van der Waals surface area (Å²) in [5.41, 5.74) is 1.27. The van der Waals surface area contributed by atoms with E-state index in [1.807, 2.05) is 52.0 Å². The number of hydrogen-bond donors (Lipinski definition) is 1. The molecule has 0 radical (unpaired) electrons. The normalized spacial score (nSPS) is 12.8. The van der Waals surface area contributed by atoms with E-state index in [-0.39, 0.29) is 43.8 Å². The number of amides is 2. The number of rotatable bonds is 16. The first-order chi connectivity index (χ1) is 18.5.